The van der Waals surface area contributed by atoms with Gasteiger partial charge in [-0.25, -0.2) is 0 Å². The van der Waals surface area contributed by atoms with Crippen LogP contribution in [-0.2, 0) is 24.4 Å². The van der Waals surface area contributed by atoms with Gasteiger partial charge in [0.2, 0.25) is 5.91 Å². The van der Waals surface area contributed by atoms with Gasteiger partial charge < -0.3 is 10.1 Å². The van der Waals surface area contributed by atoms with E-state index in [1.54, 1.807) is 10.9 Å². The van der Waals surface area contributed by atoms with Gasteiger partial charge in [0.05, 0.1) is 11.9 Å². The highest BCUT2D eigenvalue weighted by Gasteiger charge is 2.22. The second-order valence-electron chi connectivity index (χ2n) is 6.55. The van der Waals surface area contributed by atoms with E-state index in [0.29, 0.717) is 13.2 Å². The number of carbonyl (C=O) groups is 1. The molecule has 2 heterocycles. The number of hydrogen-bond donors (Lipinski definition) is 1. The molecule has 0 saturated carbocycles. The van der Waals surface area contributed by atoms with Crippen LogP contribution >= 0.6 is 0 Å². The lowest BCUT2D eigenvalue weighted by Gasteiger charge is -2.19. The maximum Gasteiger partial charge on any atom is 0.241 e. The third-order valence-electron chi connectivity index (χ3n) is 4.55. The fraction of sp³-hybridized carbons (Fsp3) is 0.238. The lowest BCUT2D eigenvalue weighted by Crippen LogP contribution is -2.30. The Hall–Kier alpha value is -3.08. The molecule has 0 saturated heterocycles. The number of para-hydroxylation sites is 1. The van der Waals surface area contributed by atoms with Crippen LogP contribution in [0, 0.1) is 6.92 Å². The molecule has 26 heavy (non-hydrogen) atoms. The monoisotopic (exact) mass is 347 g/mol. The Morgan fingerprint density at radius 1 is 1.23 bits per heavy atom. The Morgan fingerprint density at radius 3 is 3.00 bits per heavy atom. The lowest BCUT2D eigenvalue weighted by atomic mass is 10.0. The normalized spacial score (nSPS) is 12.0. The molecule has 0 spiro atoms. The maximum absolute atomic E-state index is 12.4. The molecule has 3 aromatic rings. The fourth-order valence-corrected chi connectivity index (χ4v) is 3.31. The highest BCUT2D eigenvalue weighted by molar-refractivity contribution is 5.78. The second-order valence-corrected chi connectivity index (χ2v) is 6.55. The highest BCUT2D eigenvalue weighted by Crippen LogP contribution is 2.36. The molecule has 1 aliphatic rings. The molecule has 5 heteroatoms. The number of nitrogens with one attached hydrogen (secondary N) is 1. The van der Waals surface area contributed by atoms with E-state index in [1.807, 2.05) is 30.3 Å². The van der Waals surface area contributed by atoms with Gasteiger partial charge in [-0.3, -0.25) is 9.48 Å². The molecule has 0 radical (unpaired) electrons. The number of fused-ring (bicyclic) bond motifs is 3. The Kier molecular flexibility index (Phi) is 4.44. The Labute approximate surface area is 152 Å². The van der Waals surface area contributed by atoms with Crippen LogP contribution in [0.25, 0.3) is 11.3 Å². The van der Waals surface area contributed by atoms with Crippen LogP contribution in [-0.4, -0.2) is 22.2 Å². The first kappa shape index (κ1) is 16.4. The average Bonchev–Trinajstić information content (AvgIpc) is 3.05. The largest absolute Gasteiger partial charge is 0.488 e. The summed E-state index contributed by atoms with van der Waals surface area (Å²) in [5.74, 6) is 0.800. The molecule has 132 valence electrons. The van der Waals surface area contributed by atoms with Crippen LogP contribution in [0.4, 0.5) is 0 Å². The van der Waals surface area contributed by atoms with Gasteiger partial charge in [0.1, 0.15) is 18.9 Å². The molecule has 1 N–H and O–H groups in total. The summed E-state index contributed by atoms with van der Waals surface area (Å²) in [7, 11) is 0. The van der Waals surface area contributed by atoms with Gasteiger partial charge in [-0.15, -0.1) is 0 Å². The highest BCUT2D eigenvalue weighted by atomic mass is 16.5. The van der Waals surface area contributed by atoms with Crippen molar-refractivity contribution in [3.63, 3.8) is 0 Å². The van der Waals surface area contributed by atoms with Gasteiger partial charge in [-0.1, -0.05) is 42.0 Å². The van der Waals surface area contributed by atoms with Gasteiger partial charge in [-0.05, 0) is 31.0 Å². The SMILES string of the molecule is Cc1cccc(CCNC(=O)Cn2ncc3c2-c2ccccc2OC3)c1. The molecule has 1 amide bonds. The van der Waals surface area contributed by atoms with Crippen molar-refractivity contribution in [1.82, 2.24) is 15.1 Å². The predicted octanol–water partition coefficient (Wildman–Crippen LogP) is 3.11. The summed E-state index contributed by atoms with van der Waals surface area (Å²) in [6.45, 7) is 3.38. The van der Waals surface area contributed by atoms with E-state index >= 15 is 0 Å². The smallest absolute Gasteiger partial charge is 0.241 e. The number of rotatable bonds is 5. The quantitative estimate of drug-likeness (QED) is 0.771. The Morgan fingerprint density at radius 2 is 2.12 bits per heavy atom. The minimum absolute atomic E-state index is 0.0347. The zero-order chi connectivity index (χ0) is 17.9. The summed E-state index contributed by atoms with van der Waals surface area (Å²) in [5, 5.41) is 7.38. The van der Waals surface area contributed by atoms with Crippen molar-refractivity contribution < 1.29 is 9.53 Å². The minimum Gasteiger partial charge on any atom is -0.488 e. The Balaban J connectivity index is 1.41. The number of benzene rings is 2. The number of hydrogen-bond acceptors (Lipinski definition) is 3. The van der Waals surface area contributed by atoms with Gasteiger partial charge in [-0.2, -0.15) is 5.10 Å². The van der Waals surface area contributed by atoms with Gasteiger partial charge in [0.25, 0.3) is 0 Å². The summed E-state index contributed by atoms with van der Waals surface area (Å²) in [5.41, 5.74) is 5.43. The fourth-order valence-electron chi connectivity index (χ4n) is 3.31. The molecular formula is C21H21N3O2. The summed E-state index contributed by atoms with van der Waals surface area (Å²) < 4.78 is 7.50. The van der Waals surface area contributed by atoms with Crippen LogP contribution in [0.3, 0.4) is 0 Å². The topological polar surface area (TPSA) is 56.2 Å². The first-order valence-electron chi connectivity index (χ1n) is 8.80. The standard InChI is InChI=1S/C21H21N3O2/c1-15-5-4-6-16(11-15)9-10-22-20(25)13-24-21-17(12-23-24)14-26-19-8-3-2-7-18(19)21/h2-8,11-12H,9-10,13-14H2,1H3,(H,22,25). The van der Waals surface area contributed by atoms with Crippen molar-refractivity contribution >= 4 is 5.91 Å². The number of carbonyl (C=O) groups excluding carboxylic acids is 1. The average molecular weight is 347 g/mol. The minimum atomic E-state index is -0.0347. The zero-order valence-electron chi connectivity index (χ0n) is 14.7. The van der Waals surface area contributed by atoms with Crippen molar-refractivity contribution in [2.45, 2.75) is 26.5 Å². The lowest BCUT2D eigenvalue weighted by molar-refractivity contribution is -0.121. The second kappa shape index (κ2) is 7.04. The molecule has 0 aliphatic carbocycles. The first-order valence-corrected chi connectivity index (χ1v) is 8.80. The van der Waals surface area contributed by atoms with E-state index in [4.69, 9.17) is 4.74 Å². The molecule has 0 unspecified atom stereocenters. The number of amides is 1. The third-order valence-corrected chi connectivity index (χ3v) is 4.55. The van der Waals surface area contributed by atoms with Gasteiger partial charge in [0.15, 0.2) is 0 Å². The number of nitrogens with zero attached hydrogens (tertiary/aromatic N) is 2. The molecule has 0 atom stereocenters. The van der Waals surface area contributed by atoms with E-state index in [0.717, 1.165) is 29.0 Å². The van der Waals surface area contributed by atoms with Crippen molar-refractivity contribution in [2.75, 3.05) is 6.54 Å². The van der Waals surface area contributed by atoms with Crippen LogP contribution < -0.4 is 10.1 Å². The van der Waals surface area contributed by atoms with Crippen LogP contribution in [0.15, 0.2) is 54.7 Å². The maximum atomic E-state index is 12.4. The van der Waals surface area contributed by atoms with E-state index in [1.165, 1.54) is 11.1 Å². The summed E-state index contributed by atoms with van der Waals surface area (Å²) in [6.07, 6.45) is 2.60. The van der Waals surface area contributed by atoms with Crippen LogP contribution in [0.5, 0.6) is 5.75 Å². The Bertz CT molecular complexity index is 946. The van der Waals surface area contributed by atoms with Gasteiger partial charge >= 0.3 is 0 Å². The molecular weight excluding hydrogens is 326 g/mol. The van der Waals surface area contributed by atoms with E-state index < -0.39 is 0 Å². The summed E-state index contributed by atoms with van der Waals surface area (Å²) in [4.78, 5) is 12.4. The zero-order valence-corrected chi connectivity index (χ0v) is 14.7. The number of ether oxygens (including phenoxy) is 1. The number of aromatic nitrogens is 2. The van der Waals surface area contributed by atoms with Crippen molar-refractivity contribution in [3.05, 3.63) is 71.4 Å². The summed E-state index contributed by atoms with van der Waals surface area (Å²) >= 11 is 0. The predicted molar refractivity (Wildman–Crippen MR) is 99.9 cm³/mol. The van der Waals surface area contributed by atoms with E-state index in [-0.39, 0.29) is 12.5 Å². The van der Waals surface area contributed by atoms with Crippen molar-refractivity contribution in [2.24, 2.45) is 0 Å². The van der Waals surface area contributed by atoms with Crippen molar-refractivity contribution in [1.29, 1.82) is 0 Å². The van der Waals surface area contributed by atoms with E-state index in [9.17, 15) is 4.79 Å². The van der Waals surface area contributed by atoms with E-state index in [2.05, 4.69) is 35.5 Å². The third kappa shape index (κ3) is 3.33. The molecule has 2 aromatic carbocycles. The van der Waals surface area contributed by atoms with Crippen LogP contribution in [0.1, 0.15) is 16.7 Å². The number of aryl methyl sites for hydroxylation is 1. The molecule has 1 aromatic heterocycles. The first-order chi connectivity index (χ1) is 12.7. The van der Waals surface area contributed by atoms with Crippen LogP contribution in [0.2, 0.25) is 0 Å². The molecule has 0 bridgehead atoms. The molecule has 1 aliphatic heterocycles. The molecule has 5 nitrogen and oxygen atoms in total. The molecule has 0 fully saturated rings. The van der Waals surface area contributed by atoms with Crippen molar-refractivity contribution in [3.8, 4) is 17.0 Å². The van der Waals surface area contributed by atoms with Gasteiger partial charge in [0, 0.05) is 17.7 Å². The molecule has 4 rings (SSSR count). The summed E-state index contributed by atoms with van der Waals surface area (Å²) in [6, 6.07) is 16.2.